The molecule has 134 valence electrons. The molecule has 0 spiro atoms. The monoisotopic (exact) mass is 358 g/mol. The van der Waals surface area contributed by atoms with Gasteiger partial charge >= 0.3 is 0 Å². The zero-order valence-corrected chi connectivity index (χ0v) is 14.6. The Morgan fingerprint density at radius 2 is 1.52 bits per heavy atom. The molecule has 0 aromatic heterocycles. The first-order valence-electron chi connectivity index (χ1n) is 8.47. The van der Waals surface area contributed by atoms with Gasteiger partial charge in [0.05, 0.1) is 17.2 Å². The molecule has 0 aliphatic heterocycles. The first-order chi connectivity index (χ1) is 13.3. The Labute approximate surface area is 157 Å². The maximum Gasteiger partial charge on any atom is 0.259 e. The van der Waals surface area contributed by atoms with Crippen molar-refractivity contribution in [1.82, 2.24) is 0 Å². The molecule has 1 N–H and O–H groups in total. The minimum Gasteiger partial charge on any atom is -0.490 e. The molecule has 0 heterocycles. The third kappa shape index (κ3) is 5.10. The maximum absolute atomic E-state index is 12.5. The number of nitrogens with one attached hydrogen (secondary N) is 1. The number of rotatable bonds is 7. The summed E-state index contributed by atoms with van der Waals surface area (Å²) in [6.07, 6.45) is 0. The lowest BCUT2D eigenvalue weighted by Crippen LogP contribution is -2.15. The number of para-hydroxylation sites is 2. The molecular formula is C22H18N2O3. The zero-order chi connectivity index (χ0) is 18.9. The lowest BCUT2D eigenvalue weighted by Gasteiger charge is -2.12. The van der Waals surface area contributed by atoms with Gasteiger partial charge in [0.1, 0.15) is 24.7 Å². The van der Waals surface area contributed by atoms with Crippen molar-refractivity contribution in [3.05, 3.63) is 90.0 Å². The Bertz CT molecular complexity index is 932. The van der Waals surface area contributed by atoms with Crippen molar-refractivity contribution in [3.63, 3.8) is 0 Å². The second kappa shape index (κ2) is 9.07. The molecule has 1 amide bonds. The minimum absolute atomic E-state index is 0.232. The molecule has 0 saturated heterocycles. The van der Waals surface area contributed by atoms with E-state index >= 15 is 0 Å². The van der Waals surface area contributed by atoms with E-state index in [-0.39, 0.29) is 12.5 Å². The Balaban J connectivity index is 1.55. The highest BCUT2D eigenvalue weighted by atomic mass is 16.5. The highest BCUT2D eigenvalue weighted by molar-refractivity contribution is 6.06. The van der Waals surface area contributed by atoms with E-state index in [1.165, 1.54) is 0 Å². The van der Waals surface area contributed by atoms with Crippen molar-refractivity contribution >= 4 is 11.6 Å². The van der Waals surface area contributed by atoms with Crippen molar-refractivity contribution in [3.8, 4) is 17.6 Å². The molecule has 0 unspecified atom stereocenters. The summed E-state index contributed by atoms with van der Waals surface area (Å²) in [6.45, 7) is 0.607. The molecule has 0 aliphatic carbocycles. The van der Waals surface area contributed by atoms with Crippen LogP contribution in [0.25, 0.3) is 0 Å². The van der Waals surface area contributed by atoms with Crippen LogP contribution in [-0.2, 0) is 0 Å². The number of anilines is 1. The highest BCUT2D eigenvalue weighted by Gasteiger charge is 2.12. The summed E-state index contributed by atoms with van der Waals surface area (Å²) in [6, 6.07) is 25.3. The minimum atomic E-state index is -0.232. The summed E-state index contributed by atoms with van der Waals surface area (Å²) < 4.78 is 11.3. The second-order valence-corrected chi connectivity index (χ2v) is 5.65. The van der Waals surface area contributed by atoms with Crippen LogP contribution in [0.1, 0.15) is 15.9 Å². The molecule has 0 radical (unpaired) electrons. The fourth-order valence-corrected chi connectivity index (χ4v) is 2.44. The number of amides is 1. The Morgan fingerprint density at radius 3 is 2.26 bits per heavy atom. The van der Waals surface area contributed by atoms with Crippen LogP contribution < -0.4 is 14.8 Å². The van der Waals surface area contributed by atoms with E-state index in [9.17, 15) is 4.79 Å². The predicted molar refractivity (Wildman–Crippen MR) is 103 cm³/mol. The molecular weight excluding hydrogens is 340 g/mol. The summed E-state index contributed by atoms with van der Waals surface area (Å²) in [5.74, 6) is 0.923. The zero-order valence-electron chi connectivity index (χ0n) is 14.6. The van der Waals surface area contributed by atoms with Gasteiger partial charge in [-0.3, -0.25) is 4.79 Å². The summed E-state index contributed by atoms with van der Waals surface area (Å²) in [5.41, 5.74) is 1.76. The number of hydrogen-bond acceptors (Lipinski definition) is 4. The second-order valence-electron chi connectivity index (χ2n) is 5.65. The van der Waals surface area contributed by atoms with Gasteiger partial charge in [0.2, 0.25) is 0 Å². The van der Waals surface area contributed by atoms with Gasteiger partial charge < -0.3 is 14.8 Å². The predicted octanol–water partition coefficient (Wildman–Crippen LogP) is 4.27. The van der Waals surface area contributed by atoms with Gasteiger partial charge in [-0.1, -0.05) is 30.3 Å². The van der Waals surface area contributed by atoms with E-state index in [0.717, 1.165) is 5.69 Å². The largest absolute Gasteiger partial charge is 0.490 e. The van der Waals surface area contributed by atoms with Gasteiger partial charge in [-0.2, -0.15) is 5.26 Å². The number of nitriles is 1. The van der Waals surface area contributed by atoms with Crippen LogP contribution in [0, 0.1) is 11.3 Å². The highest BCUT2D eigenvalue weighted by Crippen LogP contribution is 2.20. The fraction of sp³-hybridized carbons (Fsp3) is 0.0909. The van der Waals surface area contributed by atoms with E-state index in [1.807, 2.05) is 36.4 Å². The smallest absolute Gasteiger partial charge is 0.259 e. The van der Waals surface area contributed by atoms with Gasteiger partial charge in [0, 0.05) is 5.69 Å². The summed E-state index contributed by atoms with van der Waals surface area (Å²) in [4.78, 5) is 12.5. The molecule has 3 rings (SSSR count). The maximum atomic E-state index is 12.5. The standard InChI is InChI=1S/C22H18N2O3/c23-16-17-10-12-19(13-11-17)26-14-15-27-21-9-5-4-8-20(21)22(25)24-18-6-2-1-3-7-18/h1-13H,14-15H2,(H,24,25). The van der Waals surface area contributed by atoms with E-state index in [0.29, 0.717) is 29.2 Å². The lowest BCUT2D eigenvalue weighted by molar-refractivity contribution is 0.102. The van der Waals surface area contributed by atoms with Crippen molar-refractivity contribution in [2.75, 3.05) is 18.5 Å². The number of carbonyl (C=O) groups excluding carboxylic acids is 1. The van der Waals surface area contributed by atoms with Crippen molar-refractivity contribution in [2.24, 2.45) is 0 Å². The SMILES string of the molecule is N#Cc1ccc(OCCOc2ccccc2C(=O)Nc2ccccc2)cc1. The van der Waals surface area contributed by atoms with Gasteiger partial charge in [-0.15, -0.1) is 0 Å². The first-order valence-corrected chi connectivity index (χ1v) is 8.47. The Morgan fingerprint density at radius 1 is 0.852 bits per heavy atom. The normalized spacial score (nSPS) is 9.89. The van der Waals surface area contributed by atoms with Crippen LogP contribution in [-0.4, -0.2) is 19.1 Å². The van der Waals surface area contributed by atoms with Crippen LogP contribution in [0.5, 0.6) is 11.5 Å². The van der Waals surface area contributed by atoms with Gasteiger partial charge in [-0.05, 0) is 48.5 Å². The molecule has 5 nitrogen and oxygen atoms in total. The molecule has 3 aromatic carbocycles. The van der Waals surface area contributed by atoms with Crippen LogP contribution in [0.15, 0.2) is 78.9 Å². The summed E-state index contributed by atoms with van der Waals surface area (Å²) in [5, 5.41) is 11.6. The van der Waals surface area contributed by atoms with Crippen LogP contribution in [0.3, 0.4) is 0 Å². The van der Waals surface area contributed by atoms with Gasteiger partial charge in [0.15, 0.2) is 0 Å². The lowest BCUT2D eigenvalue weighted by atomic mass is 10.2. The van der Waals surface area contributed by atoms with Crippen LogP contribution >= 0.6 is 0 Å². The average molecular weight is 358 g/mol. The number of benzene rings is 3. The molecule has 5 heteroatoms. The van der Waals surface area contributed by atoms with Crippen molar-refractivity contribution < 1.29 is 14.3 Å². The van der Waals surface area contributed by atoms with Gasteiger partial charge in [0.25, 0.3) is 5.91 Å². The van der Waals surface area contributed by atoms with E-state index < -0.39 is 0 Å². The van der Waals surface area contributed by atoms with E-state index in [1.54, 1.807) is 42.5 Å². The summed E-state index contributed by atoms with van der Waals surface area (Å²) >= 11 is 0. The van der Waals surface area contributed by atoms with Crippen LogP contribution in [0.2, 0.25) is 0 Å². The third-order valence-electron chi connectivity index (χ3n) is 3.76. The first kappa shape index (κ1) is 18.0. The quantitative estimate of drug-likeness (QED) is 0.640. The molecule has 3 aromatic rings. The van der Waals surface area contributed by atoms with Crippen molar-refractivity contribution in [2.45, 2.75) is 0 Å². The topological polar surface area (TPSA) is 71.3 Å². The molecule has 0 aliphatic rings. The Hall–Kier alpha value is -3.78. The molecule has 0 saturated carbocycles. The van der Waals surface area contributed by atoms with E-state index in [4.69, 9.17) is 14.7 Å². The molecule has 0 atom stereocenters. The van der Waals surface area contributed by atoms with Gasteiger partial charge in [-0.25, -0.2) is 0 Å². The Kier molecular flexibility index (Phi) is 6.05. The fourth-order valence-electron chi connectivity index (χ4n) is 2.44. The number of nitrogens with zero attached hydrogens (tertiary/aromatic N) is 1. The van der Waals surface area contributed by atoms with Crippen molar-refractivity contribution in [1.29, 1.82) is 5.26 Å². The molecule has 0 bridgehead atoms. The van der Waals surface area contributed by atoms with Crippen LogP contribution in [0.4, 0.5) is 5.69 Å². The number of ether oxygens (including phenoxy) is 2. The third-order valence-corrected chi connectivity index (χ3v) is 3.76. The molecule has 27 heavy (non-hydrogen) atoms. The number of carbonyl (C=O) groups is 1. The number of hydrogen-bond donors (Lipinski definition) is 1. The average Bonchev–Trinajstić information content (AvgIpc) is 2.72. The van der Waals surface area contributed by atoms with E-state index in [2.05, 4.69) is 11.4 Å². The molecule has 0 fully saturated rings. The summed E-state index contributed by atoms with van der Waals surface area (Å²) in [7, 11) is 0.